The largest absolute Gasteiger partial charge is 0.373 e. The first-order chi connectivity index (χ1) is 14.8. The summed E-state index contributed by atoms with van der Waals surface area (Å²) in [5.74, 6) is -0.659. The number of carbonyl (C=O) groups is 1. The maximum Gasteiger partial charge on any atom is 0.373 e. The molecule has 0 atom stereocenters. The first-order valence-electron chi connectivity index (χ1n) is 12.7. The van der Waals surface area contributed by atoms with Gasteiger partial charge in [0, 0.05) is 0 Å². The van der Waals surface area contributed by atoms with Crippen molar-refractivity contribution in [2.24, 2.45) is 0 Å². The van der Waals surface area contributed by atoms with Crippen LogP contribution >= 0.6 is 0 Å². The Labute approximate surface area is 185 Å². The Balaban J connectivity index is 1.85. The molecule has 0 aliphatic heterocycles. The van der Waals surface area contributed by atoms with Crippen molar-refractivity contribution in [1.82, 2.24) is 0 Å². The zero-order valence-corrected chi connectivity index (χ0v) is 19.5. The van der Waals surface area contributed by atoms with E-state index in [0.29, 0.717) is 5.56 Å². The van der Waals surface area contributed by atoms with Crippen molar-refractivity contribution in [1.29, 1.82) is 0 Å². The highest BCUT2D eigenvalue weighted by molar-refractivity contribution is 5.90. The van der Waals surface area contributed by atoms with Crippen LogP contribution in [0.2, 0.25) is 0 Å². The van der Waals surface area contributed by atoms with Crippen LogP contribution in [0.15, 0.2) is 24.3 Å². The molecule has 0 amide bonds. The van der Waals surface area contributed by atoms with Crippen LogP contribution in [0.5, 0.6) is 0 Å². The molecule has 0 heterocycles. The monoisotopic (exact) mass is 418 g/mol. The molecular formula is C27H46O3. The molecule has 0 aromatic heterocycles. The van der Waals surface area contributed by atoms with E-state index in [2.05, 4.69) is 11.8 Å². The lowest BCUT2D eigenvalue weighted by Crippen LogP contribution is -2.05. The maximum absolute atomic E-state index is 11.6. The van der Waals surface area contributed by atoms with E-state index in [9.17, 15) is 4.79 Å². The number of hydrogen-bond donors (Lipinski definition) is 1. The Bertz CT molecular complexity index is 527. The number of unbranched alkanes of at least 4 members (excludes halogenated alkanes) is 17. The topological polar surface area (TPSA) is 46.5 Å². The quantitative estimate of drug-likeness (QED) is 0.131. The van der Waals surface area contributed by atoms with E-state index in [0.717, 1.165) is 18.4 Å². The van der Waals surface area contributed by atoms with Gasteiger partial charge >= 0.3 is 5.97 Å². The molecular weight excluding hydrogens is 372 g/mol. The van der Waals surface area contributed by atoms with Gasteiger partial charge in [-0.05, 0) is 24.5 Å². The lowest BCUT2D eigenvalue weighted by Gasteiger charge is -2.07. The second-order valence-electron chi connectivity index (χ2n) is 8.80. The van der Waals surface area contributed by atoms with Gasteiger partial charge < -0.3 is 0 Å². The molecule has 3 heteroatoms. The van der Waals surface area contributed by atoms with Crippen molar-refractivity contribution in [3.63, 3.8) is 0 Å². The molecule has 1 rings (SSSR count). The summed E-state index contributed by atoms with van der Waals surface area (Å²) in [5.41, 5.74) is 1.44. The van der Waals surface area contributed by atoms with Crippen LogP contribution in [0.25, 0.3) is 0 Å². The summed E-state index contributed by atoms with van der Waals surface area (Å²) in [5, 5.41) is 8.59. The van der Waals surface area contributed by atoms with Crippen LogP contribution in [0.4, 0.5) is 0 Å². The van der Waals surface area contributed by atoms with E-state index in [1.807, 2.05) is 12.1 Å². The lowest BCUT2D eigenvalue weighted by molar-refractivity contribution is -0.182. The second-order valence-corrected chi connectivity index (χ2v) is 8.80. The molecule has 3 nitrogen and oxygen atoms in total. The van der Waals surface area contributed by atoms with Gasteiger partial charge in [-0.3, -0.25) is 4.89 Å². The molecule has 0 bridgehead atoms. The van der Waals surface area contributed by atoms with Gasteiger partial charge in [0.15, 0.2) is 0 Å². The smallest absolute Gasteiger partial charge is 0.295 e. The summed E-state index contributed by atoms with van der Waals surface area (Å²) in [4.78, 5) is 15.4. The predicted octanol–water partition coefficient (Wildman–Crippen LogP) is 8.90. The van der Waals surface area contributed by atoms with Gasteiger partial charge in [0.05, 0.1) is 5.56 Å². The third-order valence-corrected chi connectivity index (χ3v) is 6.12. The Hall–Kier alpha value is -1.35. The molecule has 172 valence electrons. The van der Waals surface area contributed by atoms with Crippen molar-refractivity contribution in [3.05, 3.63) is 35.4 Å². The van der Waals surface area contributed by atoms with Crippen LogP contribution in [0, 0.1) is 0 Å². The Morgan fingerprint density at radius 1 is 0.667 bits per heavy atom. The van der Waals surface area contributed by atoms with E-state index >= 15 is 0 Å². The normalized spacial score (nSPS) is 11.0. The molecule has 0 spiro atoms. The molecule has 0 radical (unpaired) electrons. The summed E-state index contributed by atoms with van der Waals surface area (Å²) in [7, 11) is 0. The average Bonchev–Trinajstić information content (AvgIpc) is 2.78. The zero-order valence-electron chi connectivity index (χ0n) is 19.5. The predicted molar refractivity (Wildman–Crippen MR) is 127 cm³/mol. The molecule has 0 unspecified atom stereocenters. The van der Waals surface area contributed by atoms with Crippen LogP contribution in [0.1, 0.15) is 138 Å². The number of benzene rings is 1. The van der Waals surface area contributed by atoms with Crippen LogP contribution < -0.4 is 0 Å². The SMILES string of the molecule is CCCCCCCCCCCCCCCCCCCCc1ccccc1C(=O)OO. The van der Waals surface area contributed by atoms with Gasteiger partial charge in [-0.1, -0.05) is 134 Å². The summed E-state index contributed by atoms with van der Waals surface area (Å²) in [6.07, 6.45) is 25.5. The second kappa shape index (κ2) is 19.6. The van der Waals surface area contributed by atoms with Gasteiger partial charge in [-0.2, -0.15) is 5.26 Å². The molecule has 1 N–H and O–H groups in total. The number of carbonyl (C=O) groups excluding carboxylic acids is 1. The minimum Gasteiger partial charge on any atom is -0.295 e. The first kappa shape index (κ1) is 26.7. The minimum absolute atomic E-state index is 0.479. The van der Waals surface area contributed by atoms with Crippen LogP contribution in [0.3, 0.4) is 0 Å². The first-order valence-corrected chi connectivity index (χ1v) is 12.7. The van der Waals surface area contributed by atoms with Crippen LogP contribution in [-0.2, 0) is 11.3 Å². The zero-order chi connectivity index (χ0) is 21.7. The highest BCUT2D eigenvalue weighted by atomic mass is 17.1. The third-order valence-electron chi connectivity index (χ3n) is 6.12. The average molecular weight is 419 g/mol. The van der Waals surface area contributed by atoms with Crippen molar-refractivity contribution in [2.45, 2.75) is 129 Å². The van der Waals surface area contributed by atoms with Gasteiger partial charge in [0.25, 0.3) is 0 Å². The molecule has 1 aromatic rings. The molecule has 0 fully saturated rings. The van der Waals surface area contributed by atoms with Gasteiger partial charge in [-0.25, -0.2) is 4.79 Å². The van der Waals surface area contributed by atoms with Crippen molar-refractivity contribution < 1.29 is 14.9 Å². The van der Waals surface area contributed by atoms with Gasteiger partial charge in [0.2, 0.25) is 0 Å². The van der Waals surface area contributed by atoms with Crippen LogP contribution in [-0.4, -0.2) is 11.2 Å². The highest BCUT2D eigenvalue weighted by Crippen LogP contribution is 2.16. The highest BCUT2D eigenvalue weighted by Gasteiger charge is 2.11. The van der Waals surface area contributed by atoms with E-state index < -0.39 is 5.97 Å². The molecule has 0 saturated heterocycles. The fourth-order valence-corrected chi connectivity index (χ4v) is 4.20. The molecule has 0 aliphatic rings. The minimum atomic E-state index is -0.659. The van der Waals surface area contributed by atoms with Gasteiger partial charge in [0.1, 0.15) is 0 Å². The van der Waals surface area contributed by atoms with E-state index in [1.165, 1.54) is 109 Å². The molecule has 0 aliphatic carbocycles. The Morgan fingerprint density at radius 2 is 1.07 bits per heavy atom. The fourth-order valence-electron chi connectivity index (χ4n) is 4.20. The molecule has 1 aromatic carbocycles. The van der Waals surface area contributed by atoms with E-state index in [1.54, 1.807) is 12.1 Å². The lowest BCUT2D eigenvalue weighted by atomic mass is 10.00. The Kier molecular flexibility index (Phi) is 17.4. The van der Waals surface area contributed by atoms with E-state index in [-0.39, 0.29) is 0 Å². The maximum atomic E-state index is 11.6. The summed E-state index contributed by atoms with van der Waals surface area (Å²) < 4.78 is 0. The standard InChI is InChI=1S/C27H46O3/c1-2-3-4-5-6-7-8-9-10-11-12-13-14-15-16-17-18-19-22-25-23-20-21-24-26(25)27(28)30-29/h20-21,23-24,29H,2-19,22H2,1H3. The number of aryl methyl sites for hydroxylation is 1. The third kappa shape index (κ3) is 13.8. The molecule has 30 heavy (non-hydrogen) atoms. The van der Waals surface area contributed by atoms with E-state index in [4.69, 9.17) is 5.26 Å². The summed E-state index contributed by atoms with van der Waals surface area (Å²) in [6.45, 7) is 2.28. The van der Waals surface area contributed by atoms with Crippen molar-refractivity contribution >= 4 is 5.97 Å². The van der Waals surface area contributed by atoms with Crippen molar-refractivity contribution in [2.75, 3.05) is 0 Å². The summed E-state index contributed by atoms with van der Waals surface area (Å²) >= 11 is 0. The molecule has 0 saturated carbocycles. The fraction of sp³-hybridized carbons (Fsp3) is 0.741. The van der Waals surface area contributed by atoms with Gasteiger partial charge in [-0.15, -0.1) is 0 Å². The number of rotatable bonds is 20. The summed E-state index contributed by atoms with van der Waals surface area (Å²) in [6, 6.07) is 7.38. The number of hydrogen-bond acceptors (Lipinski definition) is 3. The Morgan fingerprint density at radius 3 is 1.50 bits per heavy atom. The van der Waals surface area contributed by atoms with Crippen molar-refractivity contribution in [3.8, 4) is 0 Å².